The van der Waals surface area contributed by atoms with Gasteiger partial charge in [-0.05, 0) is 40.2 Å². The molecule has 6 heteroatoms. The molecule has 0 saturated carbocycles. The SMILES string of the molecule is CCc1nc2cc(NC(=O)c3csc(Br)c3)ccc2o1. The number of aryl methyl sites for hydroxylation is 1. The van der Waals surface area contributed by atoms with Crippen LogP contribution in [-0.2, 0) is 6.42 Å². The number of carbonyl (C=O) groups is 1. The number of fused-ring (bicyclic) bond motifs is 1. The molecule has 0 fully saturated rings. The van der Waals surface area contributed by atoms with E-state index in [1.165, 1.54) is 11.3 Å². The lowest BCUT2D eigenvalue weighted by molar-refractivity contribution is 0.102. The molecule has 0 unspecified atom stereocenters. The normalized spacial score (nSPS) is 10.9. The van der Waals surface area contributed by atoms with Crippen LogP contribution in [0.25, 0.3) is 11.1 Å². The highest BCUT2D eigenvalue weighted by molar-refractivity contribution is 9.11. The number of oxazole rings is 1. The first-order valence-corrected chi connectivity index (χ1v) is 7.78. The maximum absolute atomic E-state index is 12.1. The van der Waals surface area contributed by atoms with Gasteiger partial charge in [-0.25, -0.2) is 4.98 Å². The Bertz CT molecular complexity index is 778. The molecule has 2 aromatic heterocycles. The first-order valence-electron chi connectivity index (χ1n) is 6.10. The van der Waals surface area contributed by atoms with Gasteiger partial charge in [0, 0.05) is 17.5 Å². The fraction of sp³-hybridized carbons (Fsp3) is 0.143. The predicted octanol–water partition coefficient (Wildman–Crippen LogP) is 4.47. The summed E-state index contributed by atoms with van der Waals surface area (Å²) in [5.41, 5.74) is 2.83. The van der Waals surface area contributed by atoms with Crippen molar-refractivity contribution in [3.63, 3.8) is 0 Å². The third-order valence-corrected chi connectivity index (χ3v) is 4.33. The number of carbonyl (C=O) groups excluding carboxylic acids is 1. The topological polar surface area (TPSA) is 55.1 Å². The Labute approximate surface area is 127 Å². The van der Waals surface area contributed by atoms with E-state index in [1.807, 2.05) is 30.5 Å². The van der Waals surface area contributed by atoms with Crippen molar-refractivity contribution in [2.75, 3.05) is 5.32 Å². The Morgan fingerprint density at radius 2 is 2.30 bits per heavy atom. The van der Waals surface area contributed by atoms with Crippen LogP contribution < -0.4 is 5.32 Å². The maximum Gasteiger partial charge on any atom is 0.256 e. The van der Waals surface area contributed by atoms with Crippen molar-refractivity contribution in [2.24, 2.45) is 0 Å². The van der Waals surface area contributed by atoms with Crippen LogP contribution in [0.5, 0.6) is 0 Å². The Morgan fingerprint density at radius 1 is 1.45 bits per heavy atom. The van der Waals surface area contributed by atoms with Crippen molar-refractivity contribution in [1.29, 1.82) is 0 Å². The van der Waals surface area contributed by atoms with Gasteiger partial charge < -0.3 is 9.73 Å². The van der Waals surface area contributed by atoms with Crippen LogP contribution in [0.1, 0.15) is 23.2 Å². The standard InChI is InChI=1S/C14H11BrN2O2S/c1-2-13-17-10-6-9(3-4-11(10)19-13)16-14(18)8-5-12(15)20-7-8/h3-7H,2H2,1H3,(H,16,18). The van der Waals surface area contributed by atoms with Crippen molar-refractivity contribution >= 4 is 50.0 Å². The number of benzene rings is 1. The molecule has 3 rings (SSSR count). The lowest BCUT2D eigenvalue weighted by Gasteiger charge is -2.02. The number of aromatic nitrogens is 1. The molecule has 0 saturated heterocycles. The Morgan fingerprint density at radius 3 is 3.00 bits per heavy atom. The van der Waals surface area contributed by atoms with Crippen LogP contribution >= 0.6 is 27.3 Å². The summed E-state index contributed by atoms with van der Waals surface area (Å²) < 4.78 is 6.47. The second-order valence-corrected chi connectivity index (χ2v) is 6.53. The summed E-state index contributed by atoms with van der Waals surface area (Å²) in [5.74, 6) is 0.566. The first-order chi connectivity index (χ1) is 9.65. The average molecular weight is 351 g/mol. The smallest absolute Gasteiger partial charge is 0.256 e. The summed E-state index contributed by atoms with van der Waals surface area (Å²) >= 11 is 4.83. The molecule has 1 N–H and O–H groups in total. The van der Waals surface area contributed by atoms with E-state index >= 15 is 0 Å². The molecule has 102 valence electrons. The monoisotopic (exact) mass is 350 g/mol. The largest absolute Gasteiger partial charge is 0.441 e. The molecule has 1 amide bonds. The third kappa shape index (κ3) is 2.62. The van der Waals surface area contributed by atoms with E-state index in [2.05, 4.69) is 26.2 Å². The second kappa shape index (κ2) is 5.38. The lowest BCUT2D eigenvalue weighted by atomic mass is 10.2. The van der Waals surface area contributed by atoms with E-state index in [9.17, 15) is 4.79 Å². The first kappa shape index (κ1) is 13.3. The van der Waals surface area contributed by atoms with Gasteiger partial charge in [0.2, 0.25) is 0 Å². The van der Waals surface area contributed by atoms with Crippen LogP contribution in [0.2, 0.25) is 0 Å². The van der Waals surface area contributed by atoms with Gasteiger partial charge in [0.1, 0.15) is 5.52 Å². The van der Waals surface area contributed by atoms with Crippen LogP contribution in [-0.4, -0.2) is 10.9 Å². The molecular weight excluding hydrogens is 340 g/mol. The molecule has 20 heavy (non-hydrogen) atoms. The lowest BCUT2D eigenvalue weighted by Crippen LogP contribution is -2.10. The number of hydrogen-bond acceptors (Lipinski definition) is 4. The number of anilines is 1. The highest BCUT2D eigenvalue weighted by Crippen LogP contribution is 2.23. The van der Waals surface area contributed by atoms with Crippen molar-refractivity contribution in [2.45, 2.75) is 13.3 Å². The van der Waals surface area contributed by atoms with E-state index in [-0.39, 0.29) is 5.91 Å². The fourth-order valence-electron chi connectivity index (χ4n) is 1.84. The molecule has 0 aliphatic carbocycles. The molecule has 3 aromatic rings. The van der Waals surface area contributed by atoms with Gasteiger partial charge in [0.25, 0.3) is 5.91 Å². The van der Waals surface area contributed by atoms with E-state index < -0.39 is 0 Å². The summed E-state index contributed by atoms with van der Waals surface area (Å²) in [6, 6.07) is 7.24. The van der Waals surface area contributed by atoms with Gasteiger partial charge >= 0.3 is 0 Å². The molecular formula is C14H11BrN2O2S. The Hall–Kier alpha value is -1.66. The maximum atomic E-state index is 12.1. The zero-order chi connectivity index (χ0) is 14.1. The minimum atomic E-state index is -0.134. The second-order valence-electron chi connectivity index (χ2n) is 4.24. The predicted molar refractivity (Wildman–Crippen MR) is 83.4 cm³/mol. The van der Waals surface area contributed by atoms with Gasteiger partial charge in [-0.15, -0.1) is 11.3 Å². The molecule has 0 atom stereocenters. The van der Waals surface area contributed by atoms with Gasteiger partial charge in [-0.2, -0.15) is 0 Å². The van der Waals surface area contributed by atoms with E-state index in [0.717, 1.165) is 21.3 Å². The summed E-state index contributed by atoms with van der Waals surface area (Å²) in [6.45, 7) is 1.99. The van der Waals surface area contributed by atoms with E-state index in [0.29, 0.717) is 17.1 Å². The minimum absolute atomic E-state index is 0.134. The van der Waals surface area contributed by atoms with E-state index in [4.69, 9.17) is 4.42 Å². The molecule has 0 aliphatic heterocycles. The molecule has 0 aliphatic rings. The van der Waals surface area contributed by atoms with Crippen molar-refractivity contribution in [3.8, 4) is 0 Å². The van der Waals surface area contributed by atoms with Gasteiger partial charge in [0.15, 0.2) is 11.5 Å². The van der Waals surface area contributed by atoms with Crippen LogP contribution in [0.4, 0.5) is 5.69 Å². The highest BCUT2D eigenvalue weighted by atomic mass is 79.9. The molecule has 4 nitrogen and oxygen atoms in total. The summed E-state index contributed by atoms with van der Waals surface area (Å²) in [6.07, 6.45) is 0.749. The highest BCUT2D eigenvalue weighted by Gasteiger charge is 2.10. The Balaban J connectivity index is 1.85. The van der Waals surface area contributed by atoms with Crippen molar-refractivity contribution in [1.82, 2.24) is 4.98 Å². The summed E-state index contributed by atoms with van der Waals surface area (Å²) in [5, 5.41) is 4.66. The quantitative estimate of drug-likeness (QED) is 0.758. The number of amides is 1. The summed E-state index contributed by atoms with van der Waals surface area (Å²) in [7, 11) is 0. The molecule has 0 spiro atoms. The summed E-state index contributed by atoms with van der Waals surface area (Å²) in [4.78, 5) is 16.4. The van der Waals surface area contributed by atoms with Gasteiger partial charge in [0.05, 0.1) is 9.35 Å². The number of halogens is 1. The molecule has 0 radical (unpaired) electrons. The van der Waals surface area contributed by atoms with Crippen LogP contribution in [0, 0.1) is 0 Å². The zero-order valence-corrected chi connectivity index (χ0v) is 13.0. The minimum Gasteiger partial charge on any atom is -0.441 e. The molecule has 1 aromatic carbocycles. The number of thiophene rings is 1. The Kier molecular flexibility index (Phi) is 3.58. The third-order valence-electron chi connectivity index (χ3n) is 2.82. The average Bonchev–Trinajstić information content (AvgIpc) is 3.03. The van der Waals surface area contributed by atoms with Crippen LogP contribution in [0.3, 0.4) is 0 Å². The van der Waals surface area contributed by atoms with Gasteiger partial charge in [-0.1, -0.05) is 6.92 Å². The van der Waals surface area contributed by atoms with Crippen molar-refractivity contribution in [3.05, 3.63) is 44.9 Å². The zero-order valence-electron chi connectivity index (χ0n) is 10.6. The number of nitrogens with one attached hydrogen (secondary N) is 1. The molecule has 0 bridgehead atoms. The van der Waals surface area contributed by atoms with Gasteiger partial charge in [-0.3, -0.25) is 4.79 Å². The van der Waals surface area contributed by atoms with Crippen LogP contribution in [0.15, 0.2) is 37.8 Å². The number of nitrogens with zero attached hydrogens (tertiary/aromatic N) is 1. The molecule has 2 heterocycles. The van der Waals surface area contributed by atoms with E-state index in [1.54, 1.807) is 6.07 Å². The van der Waals surface area contributed by atoms with Crippen molar-refractivity contribution < 1.29 is 9.21 Å². The fourth-order valence-corrected chi connectivity index (χ4v) is 2.97. The number of hydrogen-bond donors (Lipinski definition) is 1. The number of rotatable bonds is 3.